The highest BCUT2D eigenvalue weighted by Crippen LogP contribution is 2.31. The van der Waals surface area contributed by atoms with Crippen LogP contribution < -0.4 is 19.5 Å². The van der Waals surface area contributed by atoms with Gasteiger partial charge in [-0.05, 0) is 36.4 Å². The van der Waals surface area contributed by atoms with Gasteiger partial charge in [0.1, 0.15) is 17.2 Å². The molecule has 0 radical (unpaired) electrons. The molecule has 0 aliphatic heterocycles. The lowest BCUT2D eigenvalue weighted by Gasteiger charge is -2.13. The van der Waals surface area contributed by atoms with E-state index in [0.29, 0.717) is 40.3 Å². The van der Waals surface area contributed by atoms with Crippen molar-refractivity contribution in [2.75, 3.05) is 26.1 Å². The van der Waals surface area contributed by atoms with Gasteiger partial charge in [-0.1, -0.05) is 30.3 Å². The first-order valence-corrected chi connectivity index (χ1v) is 9.81. The molecule has 0 aliphatic rings. The second kappa shape index (κ2) is 9.65. The van der Waals surface area contributed by atoms with Crippen LogP contribution in [0.3, 0.4) is 0 Å². The molecular formula is C24H21N3O5. The van der Waals surface area contributed by atoms with Crippen molar-refractivity contribution in [3.8, 4) is 40.2 Å². The Hall–Kier alpha value is -4.33. The summed E-state index contributed by atoms with van der Waals surface area (Å²) >= 11 is 0. The number of para-hydroxylation sites is 1. The predicted molar refractivity (Wildman–Crippen MR) is 119 cm³/mol. The molecule has 162 valence electrons. The van der Waals surface area contributed by atoms with E-state index in [1.807, 2.05) is 36.4 Å². The highest BCUT2D eigenvalue weighted by Gasteiger charge is 2.16. The summed E-state index contributed by atoms with van der Waals surface area (Å²) in [5.74, 6) is 1.90. The van der Waals surface area contributed by atoms with E-state index >= 15 is 0 Å². The number of hydrogen-bond donors (Lipinski definition) is 1. The van der Waals surface area contributed by atoms with Gasteiger partial charge in [0.05, 0.1) is 25.5 Å². The van der Waals surface area contributed by atoms with E-state index in [1.54, 1.807) is 43.5 Å². The van der Waals surface area contributed by atoms with E-state index in [2.05, 4.69) is 15.5 Å². The molecule has 8 heteroatoms. The molecule has 1 heterocycles. The van der Waals surface area contributed by atoms with Crippen LogP contribution in [0.1, 0.15) is 0 Å². The summed E-state index contributed by atoms with van der Waals surface area (Å²) < 4.78 is 22.1. The van der Waals surface area contributed by atoms with Crippen molar-refractivity contribution >= 4 is 11.6 Å². The number of amides is 1. The maximum absolute atomic E-state index is 12.5. The predicted octanol–water partition coefficient (Wildman–Crippen LogP) is 4.44. The van der Waals surface area contributed by atoms with Gasteiger partial charge in [0, 0.05) is 11.6 Å². The fourth-order valence-corrected chi connectivity index (χ4v) is 3.04. The second-order valence-corrected chi connectivity index (χ2v) is 6.68. The number of carbonyl (C=O) groups excluding carboxylic acids is 1. The zero-order chi connectivity index (χ0) is 22.3. The summed E-state index contributed by atoms with van der Waals surface area (Å²) in [6, 6.07) is 21.8. The minimum atomic E-state index is -0.359. The Kier molecular flexibility index (Phi) is 6.31. The van der Waals surface area contributed by atoms with Crippen LogP contribution in [0.2, 0.25) is 0 Å². The van der Waals surface area contributed by atoms with Gasteiger partial charge < -0.3 is 23.9 Å². The molecule has 8 nitrogen and oxygen atoms in total. The fourth-order valence-electron chi connectivity index (χ4n) is 3.04. The summed E-state index contributed by atoms with van der Waals surface area (Å²) in [6.45, 7) is -0.225. The monoisotopic (exact) mass is 431 g/mol. The van der Waals surface area contributed by atoms with Gasteiger partial charge in [0.2, 0.25) is 5.89 Å². The zero-order valence-electron chi connectivity index (χ0n) is 17.6. The number of nitrogens with zero attached hydrogens (tertiary/aromatic N) is 2. The first kappa shape index (κ1) is 20.9. The third-order valence-electron chi connectivity index (χ3n) is 4.60. The molecule has 0 atom stereocenters. The van der Waals surface area contributed by atoms with E-state index < -0.39 is 0 Å². The SMILES string of the molecule is COc1ccc(OC)c(NC(=O)COc2ccccc2-c2nnc(-c3ccccc3)o2)c1. The van der Waals surface area contributed by atoms with Gasteiger partial charge in [-0.3, -0.25) is 4.79 Å². The molecule has 0 aliphatic carbocycles. The number of hydrogen-bond acceptors (Lipinski definition) is 7. The first-order valence-electron chi connectivity index (χ1n) is 9.81. The number of carbonyl (C=O) groups is 1. The summed E-state index contributed by atoms with van der Waals surface area (Å²) in [4.78, 5) is 12.5. The van der Waals surface area contributed by atoms with Crippen LogP contribution in [0, 0.1) is 0 Å². The molecule has 0 unspecified atom stereocenters. The van der Waals surface area contributed by atoms with Crippen LogP contribution in [-0.2, 0) is 4.79 Å². The Morgan fingerprint density at radius 2 is 1.62 bits per heavy atom. The average molecular weight is 431 g/mol. The number of aromatic nitrogens is 2. The van der Waals surface area contributed by atoms with Crippen molar-refractivity contribution in [1.29, 1.82) is 0 Å². The molecule has 1 aromatic heterocycles. The van der Waals surface area contributed by atoms with Crippen LogP contribution in [-0.4, -0.2) is 36.9 Å². The van der Waals surface area contributed by atoms with Crippen LogP contribution in [0.4, 0.5) is 5.69 Å². The topological polar surface area (TPSA) is 95.7 Å². The van der Waals surface area contributed by atoms with Gasteiger partial charge in [-0.2, -0.15) is 0 Å². The molecule has 3 aromatic carbocycles. The highest BCUT2D eigenvalue weighted by atomic mass is 16.5. The quantitative estimate of drug-likeness (QED) is 0.441. The van der Waals surface area contributed by atoms with E-state index in [1.165, 1.54) is 7.11 Å². The normalized spacial score (nSPS) is 10.4. The van der Waals surface area contributed by atoms with Crippen molar-refractivity contribution in [2.45, 2.75) is 0 Å². The Bertz CT molecular complexity index is 1210. The van der Waals surface area contributed by atoms with Crippen LogP contribution in [0.25, 0.3) is 22.9 Å². The zero-order valence-corrected chi connectivity index (χ0v) is 17.6. The lowest BCUT2D eigenvalue weighted by atomic mass is 10.2. The molecular weight excluding hydrogens is 410 g/mol. The Morgan fingerprint density at radius 1 is 0.875 bits per heavy atom. The maximum Gasteiger partial charge on any atom is 0.262 e. The minimum Gasteiger partial charge on any atom is -0.497 e. The van der Waals surface area contributed by atoms with E-state index in [4.69, 9.17) is 18.6 Å². The number of methoxy groups -OCH3 is 2. The van der Waals surface area contributed by atoms with Crippen molar-refractivity contribution in [3.63, 3.8) is 0 Å². The molecule has 4 rings (SSSR count). The Morgan fingerprint density at radius 3 is 2.41 bits per heavy atom. The van der Waals surface area contributed by atoms with Crippen LogP contribution in [0.5, 0.6) is 17.2 Å². The third kappa shape index (κ3) is 4.70. The van der Waals surface area contributed by atoms with Gasteiger partial charge in [-0.25, -0.2) is 0 Å². The molecule has 1 N–H and O–H groups in total. The summed E-state index contributed by atoms with van der Waals surface area (Å²) in [6.07, 6.45) is 0. The summed E-state index contributed by atoms with van der Waals surface area (Å²) in [5, 5.41) is 11.0. The molecule has 0 saturated carbocycles. The third-order valence-corrected chi connectivity index (χ3v) is 4.60. The Balaban J connectivity index is 1.48. The summed E-state index contributed by atoms with van der Waals surface area (Å²) in [5.41, 5.74) is 1.89. The fraction of sp³-hybridized carbons (Fsp3) is 0.125. The lowest BCUT2D eigenvalue weighted by Crippen LogP contribution is -2.20. The van der Waals surface area contributed by atoms with Crippen molar-refractivity contribution in [1.82, 2.24) is 10.2 Å². The first-order chi connectivity index (χ1) is 15.7. The van der Waals surface area contributed by atoms with E-state index in [-0.39, 0.29) is 12.5 Å². The molecule has 0 saturated heterocycles. The molecule has 0 bridgehead atoms. The summed E-state index contributed by atoms with van der Waals surface area (Å²) in [7, 11) is 3.08. The lowest BCUT2D eigenvalue weighted by molar-refractivity contribution is -0.118. The van der Waals surface area contributed by atoms with Gasteiger partial charge >= 0.3 is 0 Å². The highest BCUT2D eigenvalue weighted by molar-refractivity contribution is 5.93. The van der Waals surface area contributed by atoms with Gasteiger partial charge in [0.15, 0.2) is 6.61 Å². The van der Waals surface area contributed by atoms with Gasteiger partial charge in [-0.15, -0.1) is 10.2 Å². The molecule has 1 amide bonds. The molecule has 0 spiro atoms. The molecule has 0 fully saturated rings. The average Bonchev–Trinajstić information content (AvgIpc) is 3.33. The Labute approximate surface area is 184 Å². The number of anilines is 1. The van der Waals surface area contributed by atoms with E-state index in [0.717, 1.165) is 5.56 Å². The molecule has 32 heavy (non-hydrogen) atoms. The van der Waals surface area contributed by atoms with Gasteiger partial charge in [0.25, 0.3) is 11.8 Å². The maximum atomic E-state index is 12.5. The second-order valence-electron chi connectivity index (χ2n) is 6.68. The standard InChI is InChI=1S/C24H21N3O5/c1-29-17-12-13-21(30-2)19(14-17)25-22(28)15-31-20-11-7-6-10-18(20)24-27-26-23(32-24)16-8-4-3-5-9-16/h3-14H,15H2,1-2H3,(H,25,28). The largest absolute Gasteiger partial charge is 0.497 e. The number of nitrogens with one attached hydrogen (secondary N) is 1. The number of benzene rings is 3. The molecule has 4 aromatic rings. The smallest absolute Gasteiger partial charge is 0.262 e. The van der Waals surface area contributed by atoms with Crippen LogP contribution in [0.15, 0.2) is 77.2 Å². The number of ether oxygens (including phenoxy) is 3. The van der Waals surface area contributed by atoms with Crippen molar-refractivity contribution in [2.24, 2.45) is 0 Å². The van der Waals surface area contributed by atoms with Crippen LogP contribution >= 0.6 is 0 Å². The van der Waals surface area contributed by atoms with E-state index in [9.17, 15) is 4.79 Å². The van der Waals surface area contributed by atoms with Crippen molar-refractivity contribution < 1.29 is 23.4 Å². The minimum absolute atomic E-state index is 0.225. The number of rotatable bonds is 8. The van der Waals surface area contributed by atoms with Crippen molar-refractivity contribution in [3.05, 3.63) is 72.8 Å².